The van der Waals surface area contributed by atoms with E-state index in [0.29, 0.717) is 0 Å². The molecule has 1 aliphatic rings. The van der Waals surface area contributed by atoms with E-state index in [9.17, 15) is 0 Å². The summed E-state index contributed by atoms with van der Waals surface area (Å²) in [5.41, 5.74) is 4.87. The summed E-state index contributed by atoms with van der Waals surface area (Å²) in [7, 11) is 0. The van der Waals surface area contributed by atoms with Crippen LogP contribution in [0.2, 0.25) is 0 Å². The second-order valence-electron chi connectivity index (χ2n) is 6.45. The minimum absolute atomic E-state index is 0.253. The Kier molecular flexibility index (Phi) is 3.84. The average molecular weight is 351 g/mol. The smallest absolute Gasteiger partial charge is 0.105 e. The third kappa shape index (κ3) is 2.73. The highest BCUT2D eigenvalue weighted by Crippen LogP contribution is 2.47. The molecule has 2 heteroatoms. The third-order valence-electron chi connectivity index (χ3n) is 4.75. The van der Waals surface area contributed by atoms with Gasteiger partial charge in [-0.15, -0.1) is 0 Å². The first-order valence-electron chi connectivity index (χ1n) is 8.77. The molecule has 0 bridgehead atoms. The van der Waals surface area contributed by atoms with Gasteiger partial charge in [-0.1, -0.05) is 96.7 Å². The van der Waals surface area contributed by atoms with Crippen LogP contribution in [0.5, 0.6) is 0 Å². The molecule has 1 aliphatic heterocycles. The van der Waals surface area contributed by atoms with Gasteiger partial charge >= 0.3 is 0 Å². The summed E-state index contributed by atoms with van der Waals surface area (Å²) in [6, 6.07) is 34.3. The van der Waals surface area contributed by atoms with Gasteiger partial charge in [-0.05, 0) is 34.0 Å². The topological polar surface area (TPSA) is 12.4 Å². The molecule has 0 fully saturated rings. The zero-order valence-corrected chi connectivity index (χ0v) is 15.0. The van der Waals surface area contributed by atoms with Crippen molar-refractivity contribution >= 4 is 33.3 Å². The summed E-state index contributed by atoms with van der Waals surface area (Å²) in [6.07, 6.45) is 0. The van der Waals surface area contributed by atoms with Gasteiger partial charge in [0.15, 0.2) is 0 Å². The van der Waals surface area contributed by atoms with Crippen LogP contribution in [0, 0.1) is 0 Å². The maximum atomic E-state index is 5.02. The molecule has 4 aromatic rings. The highest BCUT2D eigenvalue weighted by atomic mass is 32.2. The van der Waals surface area contributed by atoms with Crippen molar-refractivity contribution in [1.29, 1.82) is 0 Å². The Balaban J connectivity index is 1.73. The van der Waals surface area contributed by atoms with Gasteiger partial charge in [-0.3, -0.25) is 0 Å². The molecule has 0 saturated carbocycles. The van der Waals surface area contributed by atoms with Crippen LogP contribution in [0.15, 0.2) is 102 Å². The lowest BCUT2D eigenvalue weighted by Crippen LogP contribution is -2.08. The molecule has 1 heterocycles. The monoisotopic (exact) mass is 351 g/mol. The minimum Gasteiger partial charge on any atom is -0.241 e. The lowest BCUT2D eigenvalue weighted by molar-refractivity contribution is 1.15. The molecule has 0 saturated heterocycles. The van der Waals surface area contributed by atoms with Crippen LogP contribution in [0.3, 0.4) is 0 Å². The number of benzene rings is 4. The van der Waals surface area contributed by atoms with E-state index in [1.807, 2.05) is 17.8 Å². The Morgan fingerprint density at radius 1 is 0.654 bits per heavy atom. The van der Waals surface area contributed by atoms with E-state index in [1.165, 1.54) is 27.5 Å². The van der Waals surface area contributed by atoms with Gasteiger partial charge in [0.05, 0.1) is 10.9 Å². The number of rotatable bonds is 2. The number of aliphatic imine (C=N–C) groups is 1. The molecule has 0 radical (unpaired) electrons. The van der Waals surface area contributed by atoms with Crippen LogP contribution in [0.4, 0.5) is 5.69 Å². The fourth-order valence-electron chi connectivity index (χ4n) is 3.45. The average Bonchev–Trinajstić information content (AvgIpc) is 2.73. The molecule has 4 aromatic carbocycles. The van der Waals surface area contributed by atoms with E-state index < -0.39 is 0 Å². The fraction of sp³-hybridized carbons (Fsp3) is 0.0417. The van der Waals surface area contributed by atoms with Crippen molar-refractivity contribution in [3.63, 3.8) is 0 Å². The standard InChI is InChI=1S/C24H17NS/c1-3-9-17(10-4-1)23-21-15-19-13-7-8-14-20(19)16-22(21)25-24(26-23)18-11-5-2-6-12-18/h1-16,23H. The Morgan fingerprint density at radius 3 is 2.00 bits per heavy atom. The normalized spacial score (nSPS) is 16.2. The van der Waals surface area contributed by atoms with Gasteiger partial charge in [-0.25, -0.2) is 4.99 Å². The first kappa shape index (κ1) is 15.4. The van der Waals surface area contributed by atoms with Crippen LogP contribution in [-0.4, -0.2) is 5.04 Å². The van der Waals surface area contributed by atoms with E-state index in [1.54, 1.807) is 0 Å². The van der Waals surface area contributed by atoms with Crippen LogP contribution in [-0.2, 0) is 0 Å². The molecule has 5 rings (SSSR count). The zero-order chi connectivity index (χ0) is 17.3. The molecule has 1 nitrogen and oxygen atoms in total. The van der Waals surface area contributed by atoms with Crippen LogP contribution < -0.4 is 0 Å². The molecule has 0 N–H and O–H groups in total. The van der Waals surface area contributed by atoms with Gasteiger partial charge < -0.3 is 0 Å². The van der Waals surface area contributed by atoms with Crippen molar-refractivity contribution in [1.82, 2.24) is 0 Å². The minimum atomic E-state index is 0.253. The predicted molar refractivity (Wildman–Crippen MR) is 112 cm³/mol. The van der Waals surface area contributed by atoms with Crippen LogP contribution >= 0.6 is 11.8 Å². The highest BCUT2D eigenvalue weighted by molar-refractivity contribution is 8.14. The highest BCUT2D eigenvalue weighted by Gasteiger charge is 2.26. The summed E-state index contributed by atoms with van der Waals surface area (Å²) in [6.45, 7) is 0. The summed E-state index contributed by atoms with van der Waals surface area (Å²) in [5, 5.41) is 3.85. The maximum absolute atomic E-state index is 5.02. The zero-order valence-electron chi connectivity index (χ0n) is 14.2. The van der Waals surface area contributed by atoms with Crippen molar-refractivity contribution < 1.29 is 0 Å². The lowest BCUT2D eigenvalue weighted by Gasteiger charge is -2.25. The van der Waals surface area contributed by atoms with Crippen molar-refractivity contribution in [2.75, 3.05) is 0 Å². The largest absolute Gasteiger partial charge is 0.241 e. The SMILES string of the molecule is c1ccc(C2=Nc3cc4ccccc4cc3C(c3ccccc3)S2)cc1. The van der Waals surface area contributed by atoms with Gasteiger partial charge in [0.25, 0.3) is 0 Å². The molecule has 0 amide bonds. The Morgan fingerprint density at radius 2 is 1.27 bits per heavy atom. The van der Waals surface area contributed by atoms with E-state index in [4.69, 9.17) is 4.99 Å². The molecule has 26 heavy (non-hydrogen) atoms. The molecule has 0 aliphatic carbocycles. The second-order valence-corrected chi connectivity index (χ2v) is 7.54. The van der Waals surface area contributed by atoms with E-state index >= 15 is 0 Å². The van der Waals surface area contributed by atoms with Gasteiger partial charge in [-0.2, -0.15) is 0 Å². The number of thioether (sulfide) groups is 1. The maximum Gasteiger partial charge on any atom is 0.105 e. The first-order valence-corrected chi connectivity index (χ1v) is 9.65. The summed E-state index contributed by atoms with van der Waals surface area (Å²) >= 11 is 1.84. The molecule has 124 valence electrons. The molecular formula is C24H17NS. The summed E-state index contributed by atoms with van der Waals surface area (Å²) in [5.74, 6) is 0. The molecule has 0 aromatic heterocycles. The van der Waals surface area contributed by atoms with E-state index in [-0.39, 0.29) is 5.25 Å². The first-order chi connectivity index (χ1) is 12.9. The van der Waals surface area contributed by atoms with Gasteiger partial charge in [0, 0.05) is 5.56 Å². The Bertz CT molecular complexity index is 1100. The van der Waals surface area contributed by atoms with Crippen molar-refractivity contribution in [2.24, 2.45) is 4.99 Å². The lowest BCUT2D eigenvalue weighted by atomic mass is 9.98. The molecule has 1 unspecified atom stereocenters. The Hall–Kier alpha value is -2.84. The van der Waals surface area contributed by atoms with Crippen molar-refractivity contribution in [3.8, 4) is 0 Å². The number of hydrogen-bond acceptors (Lipinski definition) is 2. The summed E-state index contributed by atoms with van der Waals surface area (Å²) in [4.78, 5) is 5.02. The second kappa shape index (κ2) is 6.47. The van der Waals surface area contributed by atoms with Crippen molar-refractivity contribution in [3.05, 3.63) is 114 Å². The van der Waals surface area contributed by atoms with Crippen molar-refractivity contribution in [2.45, 2.75) is 5.25 Å². The fourth-order valence-corrected chi connectivity index (χ4v) is 4.71. The Labute approximate surface area is 157 Å². The van der Waals surface area contributed by atoms with E-state index in [0.717, 1.165) is 10.7 Å². The summed E-state index contributed by atoms with van der Waals surface area (Å²) < 4.78 is 0. The number of fused-ring (bicyclic) bond motifs is 2. The van der Waals surface area contributed by atoms with Gasteiger partial charge in [0.1, 0.15) is 5.04 Å². The predicted octanol–water partition coefficient (Wildman–Crippen LogP) is 6.75. The van der Waals surface area contributed by atoms with Crippen LogP contribution in [0.25, 0.3) is 10.8 Å². The van der Waals surface area contributed by atoms with Crippen LogP contribution in [0.1, 0.15) is 21.9 Å². The van der Waals surface area contributed by atoms with Gasteiger partial charge in [0.2, 0.25) is 0 Å². The molecular weight excluding hydrogens is 334 g/mol. The molecule has 0 spiro atoms. The third-order valence-corrected chi connectivity index (χ3v) is 6.06. The molecule has 1 atom stereocenters. The number of hydrogen-bond donors (Lipinski definition) is 0. The van der Waals surface area contributed by atoms with E-state index in [2.05, 4.69) is 91.0 Å². The number of nitrogens with zero attached hydrogens (tertiary/aromatic N) is 1. The quantitative estimate of drug-likeness (QED) is 0.389.